The molecule has 3 aromatic rings. The molecule has 1 amide bonds. The summed E-state index contributed by atoms with van der Waals surface area (Å²) in [7, 11) is 0. The summed E-state index contributed by atoms with van der Waals surface area (Å²) in [6.07, 6.45) is 1.14. The van der Waals surface area contributed by atoms with Crippen LogP contribution in [0.5, 0.6) is 0 Å². The minimum atomic E-state index is -0.0560. The van der Waals surface area contributed by atoms with Crippen molar-refractivity contribution < 1.29 is 9.69 Å². The highest BCUT2D eigenvalue weighted by Crippen LogP contribution is 2.19. The van der Waals surface area contributed by atoms with Gasteiger partial charge in [-0.3, -0.25) is 4.79 Å². The summed E-state index contributed by atoms with van der Waals surface area (Å²) >= 11 is 0. The van der Waals surface area contributed by atoms with Crippen molar-refractivity contribution in [3.05, 3.63) is 100 Å². The van der Waals surface area contributed by atoms with Crippen LogP contribution in [-0.2, 0) is 19.5 Å². The Hall–Kier alpha value is -2.91. The van der Waals surface area contributed by atoms with Crippen molar-refractivity contribution in [2.24, 2.45) is 0 Å². The van der Waals surface area contributed by atoms with Gasteiger partial charge in [-0.2, -0.15) is 0 Å². The molecule has 28 heavy (non-hydrogen) atoms. The van der Waals surface area contributed by atoms with E-state index in [1.165, 1.54) is 22.3 Å². The van der Waals surface area contributed by atoms with Gasteiger partial charge in [-0.05, 0) is 48.7 Å². The number of benzene rings is 3. The summed E-state index contributed by atoms with van der Waals surface area (Å²) in [5.74, 6) is -0.0560. The molecule has 1 atom stereocenters. The number of carbonyl (C=O) groups is 1. The number of anilines is 1. The van der Waals surface area contributed by atoms with Crippen molar-refractivity contribution in [1.82, 2.24) is 0 Å². The lowest BCUT2D eigenvalue weighted by Crippen LogP contribution is -3.10. The fourth-order valence-corrected chi connectivity index (χ4v) is 3.94. The Balaban J connectivity index is 1.40. The highest BCUT2D eigenvalue weighted by molar-refractivity contribution is 6.04. The number of nitrogens with one attached hydrogen (secondary N) is 2. The van der Waals surface area contributed by atoms with Crippen LogP contribution in [0.4, 0.5) is 5.69 Å². The zero-order valence-electron chi connectivity index (χ0n) is 16.6. The molecule has 1 aliphatic heterocycles. The van der Waals surface area contributed by atoms with Gasteiger partial charge < -0.3 is 10.2 Å². The molecular formula is C25H27N2O+. The summed E-state index contributed by atoms with van der Waals surface area (Å²) in [6, 6.07) is 22.8. The van der Waals surface area contributed by atoms with Crippen LogP contribution in [-0.4, -0.2) is 12.5 Å². The number of fused-ring (bicyclic) bond motifs is 1. The van der Waals surface area contributed by atoms with E-state index in [-0.39, 0.29) is 5.91 Å². The molecule has 1 unspecified atom stereocenters. The number of aryl methyl sites for hydroxylation is 1. The van der Waals surface area contributed by atoms with Crippen molar-refractivity contribution in [2.45, 2.75) is 33.4 Å². The first-order chi connectivity index (χ1) is 13.6. The Morgan fingerprint density at radius 3 is 2.46 bits per heavy atom. The fraction of sp³-hybridized carbons (Fsp3) is 0.240. The van der Waals surface area contributed by atoms with Crippen molar-refractivity contribution in [3.63, 3.8) is 0 Å². The number of hydrogen-bond donors (Lipinski definition) is 2. The molecular weight excluding hydrogens is 344 g/mol. The minimum absolute atomic E-state index is 0.0560. The van der Waals surface area contributed by atoms with Gasteiger partial charge in [0.1, 0.15) is 13.1 Å². The number of rotatable bonds is 4. The van der Waals surface area contributed by atoms with Crippen LogP contribution in [0.15, 0.2) is 66.7 Å². The standard InChI is InChI=1S/C25H26N2O/c1-18-6-5-9-24(19(18)2)26-25(28)22-12-10-20(11-13-22)16-27-15-14-21-7-3-4-8-23(21)17-27/h3-13H,14-17H2,1-2H3,(H,26,28)/p+1. The molecule has 3 nitrogen and oxygen atoms in total. The molecule has 0 bridgehead atoms. The molecule has 0 saturated heterocycles. The van der Waals surface area contributed by atoms with E-state index in [9.17, 15) is 4.79 Å². The third-order valence-corrected chi connectivity index (χ3v) is 5.83. The first-order valence-electron chi connectivity index (χ1n) is 9.97. The number of quaternary nitrogens is 1. The Morgan fingerprint density at radius 2 is 1.68 bits per heavy atom. The molecule has 0 aliphatic carbocycles. The van der Waals surface area contributed by atoms with E-state index in [1.54, 1.807) is 4.90 Å². The first kappa shape index (κ1) is 18.5. The summed E-state index contributed by atoms with van der Waals surface area (Å²) in [5, 5.41) is 3.04. The van der Waals surface area contributed by atoms with Gasteiger partial charge in [0, 0.05) is 28.8 Å². The van der Waals surface area contributed by atoms with Crippen LogP contribution in [0, 0.1) is 13.8 Å². The van der Waals surface area contributed by atoms with Gasteiger partial charge in [0.15, 0.2) is 0 Å². The van der Waals surface area contributed by atoms with E-state index >= 15 is 0 Å². The van der Waals surface area contributed by atoms with E-state index in [0.717, 1.165) is 37.3 Å². The molecule has 142 valence electrons. The zero-order valence-corrected chi connectivity index (χ0v) is 16.6. The fourth-order valence-electron chi connectivity index (χ4n) is 3.94. The quantitative estimate of drug-likeness (QED) is 0.720. The lowest BCUT2D eigenvalue weighted by molar-refractivity contribution is -0.929. The molecule has 4 rings (SSSR count). The van der Waals surface area contributed by atoms with Crippen LogP contribution >= 0.6 is 0 Å². The molecule has 3 aromatic carbocycles. The van der Waals surface area contributed by atoms with Gasteiger partial charge in [-0.15, -0.1) is 0 Å². The number of carbonyl (C=O) groups excluding carboxylic acids is 1. The van der Waals surface area contributed by atoms with Gasteiger partial charge >= 0.3 is 0 Å². The number of hydrogen-bond acceptors (Lipinski definition) is 1. The summed E-state index contributed by atoms with van der Waals surface area (Å²) < 4.78 is 0. The van der Waals surface area contributed by atoms with Gasteiger partial charge in [0.25, 0.3) is 5.91 Å². The van der Waals surface area contributed by atoms with Crippen LogP contribution in [0.2, 0.25) is 0 Å². The van der Waals surface area contributed by atoms with Crippen LogP contribution < -0.4 is 10.2 Å². The monoisotopic (exact) mass is 371 g/mol. The Bertz CT molecular complexity index is 992. The van der Waals surface area contributed by atoms with E-state index < -0.39 is 0 Å². The largest absolute Gasteiger partial charge is 0.327 e. The zero-order chi connectivity index (χ0) is 19.5. The first-order valence-corrected chi connectivity index (χ1v) is 9.97. The molecule has 3 heteroatoms. The average molecular weight is 372 g/mol. The molecule has 0 aromatic heterocycles. The predicted molar refractivity (Wildman–Crippen MR) is 114 cm³/mol. The molecule has 0 spiro atoms. The third-order valence-electron chi connectivity index (χ3n) is 5.83. The lowest BCUT2D eigenvalue weighted by Gasteiger charge is -2.26. The molecule has 0 fully saturated rings. The van der Waals surface area contributed by atoms with Crippen LogP contribution in [0.3, 0.4) is 0 Å². The van der Waals surface area contributed by atoms with Crippen LogP contribution in [0.1, 0.15) is 38.2 Å². The van der Waals surface area contributed by atoms with Crippen molar-refractivity contribution >= 4 is 11.6 Å². The summed E-state index contributed by atoms with van der Waals surface area (Å²) in [6.45, 7) is 7.32. The summed E-state index contributed by atoms with van der Waals surface area (Å²) in [4.78, 5) is 14.2. The maximum atomic E-state index is 12.6. The molecule has 0 saturated carbocycles. The van der Waals surface area contributed by atoms with Gasteiger partial charge in [-0.25, -0.2) is 0 Å². The number of amides is 1. The molecule has 1 heterocycles. The smallest absolute Gasteiger partial charge is 0.255 e. The normalized spacial score (nSPS) is 15.7. The van der Waals surface area contributed by atoms with Crippen molar-refractivity contribution in [1.29, 1.82) is 0 Å². The maximum absolute atomic E-state index is 12.6. The van der Waals surface area contributed by atoms with E-state index in [2.05, 4.69) is 54.7 Å². The molecule has 0 radical (unpaired) electrons. The SMILES string of the molecule is Cc1cccc(NC(=O)c2ccc(C[NH+]3CCc4ccccc4C3)cc2)c1C. The molecule has 1 aliphatic rings. The summed E-state index contributed by atoms with van der Waals surface area (Å²) in [5.41, 5.74) is 8.10. The van der Waals surface area contributed by atoms with E-state index in [4.69, 9.17) is 0 Å². The maximum Gasteiger partial charge on any atom is 0.255 e. The van der Waals surface area contributed by atoms with Crippen LogP contribution in [0.25, 0.3) is 0 Å². The highest BCUT2D eigenvalue weighted by Gasteiger charge is 2.19. The molecule has 2 N–H and O–H groups in total. The Kier molecular flexibility index (Phi) is 5.27. The van der Waals surface area contributed by atoms with Gasteiger partial charge in [0.2, 0.25) is 0 Å². The van der Waals surface area contributed by atoms with E-state index in [0.29, 0.717) is 5.56 Å². The highest BCUT2D eigenvalue weighted by atomic mass is 16.1. The van der Waals surface area contributed by atoms with Crippen molar-refractivity contribution in [2.75, 3.05) is 11.9 Å². The Labute approximate surface area is 167 Å². The van der Waals surface area contributed by atoms with E-state index in [1.807, 2.05) is 31.2 Å². The second kappa shape index (κ2) is 7.99. The predicted octanol–water partition coefficient (Wildman–Crippen LogP) is 3.70. The third kappa shape index (κ3) is 4.00. The van der Waals surface area contributed by atoms with Gasteiger partial charge in [-0.1, -0.05) is 48.5 Å². The second-order valence-electron chi connectivity index (χ2n) is 7.77. The topological polar surface area (TPSA) is 33.5 Å². The average Bonchev–Trinajstić information content (AvgIpc) is 2.72. The minimum Gasteiger partial charge on any atom is -0.327 e. The lowest BCUT2D eigenvalue weighted by atomic mass is 9.99. The van der Waals surface area contributed by atoms with Gasteiger partial charge in [0.05, 0.1) is 6.54 Å². The van der Waals surface area contributed by atoms with Crippen molar-refractivity contribution in [3.8, 4) is 0 Å². The Morgan fingerprint density at radius 1 is 0.929 bits per heavy atom. The second-order valence-corrected chi connectivity index (χ2v) is 7.77.